The molecule has 1 aliphatic rings. The summed E-state index contributed by atoms with van der Waals surface area (Å²) in [6.45, 7) is 6.94. The summed E-state index contributed by atoms with van der Waals surface area (Å²) >= 11 is 0. The Morgan fingerprint density at radius 3 is 2.62 bits per heavy atom. The third kappa shape index (κ3) is 3.47. The summed E-state index contributed by atoms with van der Waals surface area (Å²) in [4.78, 5) is 25.8. The van der Waals surface area contributed by atoms with Gasteiger partial charge in [0, 0.05) is 12.1 Å². The Morgan fingerprint density at radius 2 is 2.00 bits per heavy atom. The molecule has 24 heavy (non-hydrogen) atoms. The van der Waals surface area contributed by atoms with Crippen molar-refractivity contribution >= 4 is 11.9 Å². The van der Waals surface area contributed by atoms with Crippen molar-refractivity contribution in [3.05, 3.63) is 23.8 Å². The molecular weight excluding hydrogens is 310 g/mol. The summed E-state index contributed by atoms with van der Waals surface area (Å²) in [5.41, 5.74) is -0.739. The fourth-order valence-electron chi connectivity index (χ4n) is 2.91. The van der Waals surface area contributed by atoms with E-state index in [4.69, 9.17) is 9.47 Å². The fourth-order valence-corrected chi connectivity index (χ4v) is 2.91. The minimum atomic E-state index is -1.15. The molecule has 1 N–H and O–H groups in total. The molecule has 0 spiro atoms. The van der Waals surface area contributed by atoms with Crippen molar-refractivity contribution in [2.24, 2.45) is 0 Å². The number of carbonyl (C=O) groups is 2. The van der Waals surface area contributed by atoms with Gasteiger partial charge in [0.1, 0.15) is 5.54 Å². The van der Waals surface area contributed by atoms with E-state index in [0.29, 0.717) is 49.7 Å². The smallest absolute Gasteiger partial charge is 0.329 e. The lowest BCUT2D eigenvalue weighted by Crippen LogP contribution is -2.50. The quantitative estimate of drug-likeness (QED) is 0.829. The number of hydrogen-bond donors (Lipinski definition) is 1. The van der Waals surface area contributed by atoms with E-state index in [1.165, 1.54) is 4.90 Å². The van der Waals surface area contributed by atoms with Crippen LogP contribution in [0.1, 0.15) is 50.4 Å². The number of likely N-dealkylation sites (tertiary alicyclic amines) is 1. The minimum absolute atomic E-state index is 0.291. The Labute approximate surface area is 142 Å². The predicted octanol–water partition coefficient (Wildman–Crippen LogP) is 2.95. The van der Waals surface area contributed by atoms with Crippen molar-refractivity contribution in [1.82, 2.24) is 4.90 Å². The Hall–Kier alpha value is -2.24. The highest BCUT2D eigenvalue weighted by Gasteiger charge is 2.46. The van der Waals surface area contributed by atoms with Crippen LogP contribution in [0.15, 0.2) is 18.2 Å². The summed E-state index contributed by atoms with van der Waals surface area (Å²) < 4.78 is 11.2. The van der Waals surface area contributed by atoms with E-state index < -0.39 is 11.5 Å². The fraction of sp³-hybridized carbons (Fsp3) is 0.556. The molecule has 1 unspecified atom stereocenters. The van der Waals surface area contributed by atoms with E-state index in [2.05, 4.69) is 0 Å². The van der Waals surface area contributed by atoms with Gasteiger partial charge in [-0.05, 0) is 51.3 Å². The molecule has 0 bridgehead atoms. The lowest BCUT2D eigenvalue weighted by atomic mass is 9.98. The second kappa shape index (κ2) is 7.55. The number of benzene rings is 1. The van der Waals surface area contributed by atoms with Crippen LogP contribution in [-0.4, -0.2) is 47.2 Å². The monoisotopic (exact) mass is 335 g/mol. The normalized spacial score (nSPS) is 20.0. The van der Waals surface area contributed by atoms with E-state index in [0.717, 1.165) is 6.42 Å². The molecule has 1 aromatic rings. The number of carboxylic acids is 1. The van der Waals surface area contributed by atoms with Gasteiger partial charge in [-0.1, -0.05) is 6.92 Å². The van der Waals surface area contributed by atoms with Crippen molar-refractivity contribution in [3.8, 4) is 11.5 Å². The van der Waals surface area contributed by atoms with Crippen LogP contribution in [0, 0.1) is 0 Å². The number of hydrogen-bond acceptors (Lipinski definition) is 4. The van der Waals surface area contributed by atoms with Gasteiger partial charge in [0.2, 0.25) is 0 Å². The first-order valence-electron chi connectivity index (χ1n) is 8.39. The Balaban J connectivity index is 2.29. The number of aliphatic carboxylic acids is 1. The molecule has 0 aliphatic carbocycles. The minimum Gasteiger partial charge on any atom is -0.490 e. The van der Waals surface area contributed by atoms with Crippen LogP contribution in [0.4, 0.5) is 0 Å². The molecule has 2 rings (SSSR count). The first-order valence-corrected chi connectivity index (χ1v) is 8.39. The summed E-state index contributed by atoms with van der Waals surface area (Å²) in [5, 5.41) is 9.48. The van der Waals surface area contributed by atoms with Crippen LogP contribution in [-0.2, 0) is 4.79 Å². The zero-order valence-corrected chi connectivity index (χ0v) is 14.5. The molecule has 6 heteroatoms. The maximum Gasteiger partial charge on any atom is 0.329 e. The summed E-state index contributed by atoms with van der Waals surface area (Å²) in [5.74, 6) is -0.160. The molecule has 1 aromatic carbocycles. The number of rotatable bonds is 7. The van der Waals surface area contributed by atoms with Gasteiger partial charge in [-0.15, -0.1) is 0 Å². The van der Waals surface area contributed by atoms with E-state index in [9.17, 15) is 14.7 Å². The van der Waals surface area contributed by atoms with Crippen molar-refractivity contribution in [1.29, 1.82) is 0 Å². The lowest BCUT2D eigenvalue weighted by Gasteiger charge is -2.31. The van der Waals surface area contributed by atoms with Crippen LogP contribution in [0.5, 0.6) is 11.5 Å². The van der Waals surface area contributed by atoms with Crippen molar-refractivity contribution in [2.45, 2.75) is 45.6 Å². The van der Waals surface area contributed by atoms with Crippen molar-refractivity contribution in [2.75, 3.05) is 19.8 Å². The summed E-state index contributed by atoms with van der Waals surface area (Å²) in [6, 6.07) is 5.01. The van der Waals surface area contributed by atoms with Gasteiger partial charge >= 0.3 is 5.97 Å². The third-order valence-electron chi connectivity index (χ3n) is 4.30. The first kappa shape index (κ1) is 18.1. The molecule has 1 heterocycles. The van der Waals surface area contributed by atoms with Crippen LogP contribution in [0.2, 0.25) is 0 Å². The summed E-state index contributed by atoms with van der Waals surface area (Å²) in [7, 11) is 0. The molecule has 1 atom stereocenters. The second-order valence-electron chi connectivity index (χ2n) is 6.08. The highest BCUT2D eigenvalue weighted by Crippen LogP contribution is 2.33. The highest BCUT2D eigenvalue weighted by molar-refractivity contribution is 5.98. The van der Waals surface area contributed by atoms with E-state index in [1.807, 2.05) is 13.8 Å². The molecule has 0 aromatic heterocycles. The Bertz CT molecular complexity index is 615. The van der Waals surface area contributed by atoms with E-state index >= 15 is 0 Å². The SMILES string of the molecule is CCCOc1ccc(C(=O)N2CCCC2(C)C(=O)O)cc1OCC. The molecule has 1 amide bonds. The molecule has 1 saturated heterocycles. The van der Waals surface area contributed by atoms with Gasteiger partial charge in [-0.2, -0.15) is 0 Å². The van der Waals surface area contributed by atoms with Crippen molar-refractivity contribution < 1.29 is 24.2 Å². The predicted molar refractivity (Wildman–Crippen MR) is 89.7 cm³/mol. The molecule has 1 fully saturated rings. The molecule has 1 aliphatic heterocycles. The Kier molecular flexibility index (Phi) is 5.70. The Morgan fingerprint density at radius 1 is 1.25 bits per heavy atom. The van der Waals surface area contributed by atoms with Crippen LogP contribution < -0.4 is 9.47 Å². The molecule has 132 valence electrons. The number of amides is 1. The topological polar surface area (TPSA) is 76.1 Å². The molecule has 0 saturated carbocycles. The van der Waals surface area contributed by atoms with Gasteiger partial charge < -0.3 is 19.5 Å². The van der Waals surface area contributed by atoms with E-state index in [-0.39, 0.29) is 5.91 Å². The van der Waals surface area contributed by atoms with Gasteiger partial charge in [0.15, 0.2) is 11.5 Å². The standard InChI is InChI=1S/C18H25NO5/c1-4-11-24-14-8-7-13(12-15(14)23-5-2)16(20)19-10-6-9-18(19,3)17(21)22/h7-8,12H,4-6,9-11H2,1-3H3,(H,21,22). The van der Waals surface area contributed by atoms with E-state index in [1.54, 1.807) is 25.1 Å². The van der Waals surface area contributed by atoms with Gasteiger partial charge in [0.25, 0.3) is 5.91 Å². The average molecular weight is 335 g/mol. The molecular formula is C18H25NO5. The molecule has 6 nitrogen and oxygen atoms in total. The number of nitrogens with zero attached hydrogens (tertiary/aromatic N) is 1. The summed E-state index contributed by atoms with van der Waals surface area (Å²) in [6.07, 6.45) is 2.02. The van der Waals surface area contributed by atoms with Crippen LogP contribution in [0.25, 0.3) is 0 Å². The van der Waals surface area contributed by atoms with Crippen molar-refractivity contribution in [3.63, 3.8) is 0 Å². The zero-order valence-electron chi connectivity index (χ0n) is 14.5. The molecule has 0 radical (unpaired) electrons. The largest absolute Gasteiger partial charge is 0.490 e. The number of carboxylic acid groups (broad SMARTS) is 1. The van der Waals surface area contributed by atoms with Crippen LogP contribution >= 0.6 is 0 Å². The zero-order chi connectivity index (χ0) is 17.7. The number of carbonyl (C=O) groups excluding carboxylic acids is 1. The van der Waals surface area contributed by atoms with Gasteiger partial charge in [-0.3, -0.25) is 4.79 Å². The van der Waals surface area contributed by atoms with Gasteiger partial charge in [-0.25, -0.2) is 4.79 Å². The first-order chi connectivity index (χ1) is 11.4. The number of ether oxygens (including phenoxy) is 2. The average Bonchev–Trinajstić information content (AvgIpc) is 2.96. The maximum atomic E-state index is 12.8. The second-order valence-corrected chi connectivity index (χ2v) is 6.08. The van der Waals surface area contributed by atoms with Gasteiger partial charge in [0.05, 0.1) is 13.2 Å². The lowest BCUT2D eigenvalue weighted by molar-refractivity contribution is -0.147. The van der Waals surface area contributed by atoms with Crippen LogP contribution in [0.3, 0.4) is 0 Å². The third-order valence-corrected chi connectivity index (χ3v) is 4.30. The highest BCUT2D eigenvalue weighted by atomic mass is 16.5. The maximum absolute atomic E-state index is 12.8.